The Kier molecular flexibility index (Phi) is 3.42. The maximum atomic E-state index is 12.5. The molecule has 2 unspecified atom stereocenters. The highest BCUT2D eigenvalue weighted by atomic mass is 32.2. The second-order valence-electron chi connectivity index (χ2n) is 5.90. The van der Waals surface area contributed by atoms with Crippen molar-refractivity contribution in [3.8, 4) is 0 Å². The number of nitrogens with zero attached hydrogens (tertiary/aromatic N) is 2. The lowest BCUT2D eigenvalue weighted by Crippen LogP contribution is -2.36. The second kappa shape index (κ2) is 5.41. The summed E-state index contributed by atoms with van der Waals surface area (Å²) in [4.78, 5) is 21.7. The van der Waals surface area contributed by atoms with Crippen molar-refractivity contribution in [1.82, 2.24) is 4.98 Å². The molecule has 108 valence electrons. The van der Waals surface area contributed by atoms with E-state index in [0.29, 0.717) is 17.5 Å². The molecule has 1 aliphatic carbocycles. The average Bonchev–Trinajstić information content (AvgIpc) is 2.54. The molecule has 0 amide bonds. The van der Waals surface area contributed by atoms with E-state index >= 15 is 0 Å². The number of fused-ring (bicyclic) bond motifs is 1. The van der Waals surface area contributed by atoms with Crippen LogP contribution in [0, 0.1) is 0 Å². The van der Waals surface area contributed by atoms with Crippen LogP contribution in [-0.2, 0) is 4.79 Å². The van der Waals surface area contributed by atoms with Crippen LogP contribution in [0.2, 0.25) is 0 Å². The number of allylic oxidation sites excluding steroid dienone is 2. The van der Waals surface area contributed by atoms with Crippen molar-refractivity contribution in [2.75, 3.05) is 5.75 Å². The highest BCUT2D eigenvalue weighted by Gasteiger charge is 2.41. The molecular weight excluding hydrogens is 280 g/mol. The van der Waals surface area contributed by atoms with Crippen LogP contribution in [0.1, 0.15) is 43.6 Å². The summed E-state index contributed by atoms with van der Waals surface area (Å²) in [5.74, 6) is 1.63. The number of pyridine rings is 1. The van der Waals surface area contributed by atoms with Crippen molar-refractivity contribution in [2.24, 2.45) is 4.99 Å². The number of thioether (sulfide) groups is 1. The van der Waals surface area contributed by atoms with Crippen LogP contribution < -0.4 is 0 Å². The highest BCUT2D eigenvalue weighted by molar-refractivity contribution is 8.00. The van der Waals surface area contributed by atoms with Crippen molar-refractivity contribution >= 4 is 23.3 Å². The lowest BCUT2D eigenvalue weighted by Gasteiger charge is -2.38. The number of ketones is 1. The predicted octanol–water partition coefficient (Wildman–Crippen LogP) is 3.52. The van der Waals surface area contributed by atoms with E-state index in [1.807, 2.05) is 24.0 Å². The van der Waals surface area contributed by atoms with Crippen molar-refractivity contribution < 1.29 is 4.79 Å². The zero-order valence-corrected chi connectivity index (χ0v) is 12.7. The molecule has 1 fully saturated rings. The van der Waals surface area contributed by atoms with Gasteiger partial charge in [-0.15, -0.1) is 0 Å². The first-order valence-electron chi connectivity index (χ1n) is 7.70. The molecule has 3 aliphatic rings. The Balaban J connectivity index is 1.86. The molecule has 21 heavy (non-hydrogen) atoms. The fourth-order valence-electron chi connectivity index (χ4n) is 3.65. The van der Waals surface area contributed by atoms with Gasteiger partial charge in [-0.25, -0.2) is 0 Å². The van der Waals surface area contributed by atoms with Crippen LogP contribution in [0.3, 0.4) is 0 Å². The molecule has 4 rings (SSSR count). The van der Waals surface area contributed by atoms with Crippen LogP contribution in [0.4, 0.5) is 0 Å². The Morgan fingerprint density at radius 1 is 1.19 bits per heavy atom. The van der Waals surface area contributed by atoms with E-state index in [2.05, 4.69) is 11.1 Å². The maximum Gasteiger partial charge on any atom is 0.161 e. The zero-order valence-electron chi connectivity index (χ0n) is 11.9. The van der Waals surface area contributed by atoms with Crippen molar-refractivity contribution in [1.29, 1.82) is 0 Å². The summed E-state index contributed by atoms with van der Waals surface area (Å²) in [6, 6.07) is 4.09. The average molecular weight is 298 g/mol. The number of hydrogen-bond acceptors (Lipinski definition) is 4. The molecule has 0 N–H and O–H groups in total. The van der Waals surface area contributed by atoms with Crippen molar-refractivity contribution in [3.63, 3.8) is 0 Å². The van der Waals surface area contributed by atoms with E-state index in [9.17, 15) is 4.79 Å². The largest absolute Gasteiger partial charge is 0.294 e. The van der Waals surface area contributed by atoms with Gasteiger partial charge in [-0.1, -0.05) is 6.07 Å². The Morgan fingerprint density at radius 3 is 3.00 bits per heavy atom. The molecule has 1 aromatic rings. The summed E-state index contributed by atoms with van der Waals surface area (Å²) >= 11 is 1.96. The molecular formula is C17H18N2OS. The first-order chi connectivity index (χ1) is 10.3. The van der Waals surface area contributed by atoms with Crippen LogP contribution >= 0.6 is 11.8 Å². The van der Waals surface area contributed by atoms with Crippen LogP contribution in [0.25, 0.3) is 0 Å². The van der Waals surface area contributed by atoms with Crippen LogP contribution in [0.15, 0.2) is 40.8 Å². The lowest BCUT2D eigenvalue weighted by atomic mass is 9.77. The Hall–Kier alpha value is -1.42. The van der Waals surface area contributed by atoms with Gasteiger partial charge < -0.3 is 0 Å². The van der Waals surface area contributed by atoms with Gasteiger partial charge in [0.1, 0.15) is 0 Å². The molecule has 1 saturated heterocycles. The molecule has 0 aromatic carbocycles. The van der Waals surface area contributed by atoms with Gasteiger partial charge in [0.15, 0.2) is 5.78 Å². The van der Waals surface area contributed by atoms with Gasteiger partial charge in [0, 0.05) is 41.7 Å². The third-order valence-corrected chi connectivity index (χ3v) is 6.00. The van der Waals surface area contributed by atoms with E-state index < -0.39 is 0 Å². The topological polar surface area (TPSA) is 42.3 Å². The number of aromatic nitrogens is 1. The molecule has 0 saturated carbocycles. The molecule has 1 aromatic heterocycles. The van der Waals surface area contributed by atoms with E-state index in [1.54, 1.807) is 6.20 Å². The second-order valence-corrected chi connectivity index (χ2v) is 7.15. The SMILES string of the molecule is O=C1CCCC2=C1C(c1cccnc1)C1SCCCC1=N2. The number of carbonyl (C=O) groups is 1. The summed E-state index contributed by atoms with van der Waals surface area (Å²) in [7, 11) is 0. The molecule has 4 heteroatoms. The van der Waals surface area contributed by atoms with Gasteiger partial charge in [0.25, 0.3) is 0 Å². The monoisotopic (exact) mass is 298 g/mol. The molecule has 0 spiro atoms. The summed E-state index contributed by atoms with van der Waals surface area (Å²) < 4.78 is 0. The van der Waals surface area contributed by atoms with Gasteiger partial charge >= 0.3 is 0 Å². The molecule has 2 aliphatic heterocycles. The summed E-state index contributed by atoms with van der Waals surface area (Å²) in [5.41, 5.74) is 4.52. The highest BCUT2D eigenvalue weighted by Crippen LogP contribution is 2.46. The lowest BCUT2D eigenvalue weighted by molar-refractivity contribution is -0.116. The molecule has 3 nitrogen and oxygen atoms in total. The van der Waals surface area contributed by atoms with Gasteiger partial charge in [0.05, 0.1) is 5.25 Å². The summed E-state index contributed by atoms with van der Waals surface area (Å²) in [6.45, 7) is 0. The fraction of sp³-hybridized carbons (Fsp3) is 0.471. The number of hydrogen-bond donors (Lipinski definition) is 0. The molecule has 0 bridgehead atoms. The van der Waals surface area contributed by atoms with Gasteiger partial charge in [-0.05, 0) is 43.1 Å². The van der Waals surface area contributed by atoms with Gasteiger partial charge in [-0.2, -0.15) is 11.8 Å². The van der Waals surface area contributed by atoms with Gasteiger partial charge in [-0.3, -0.25) is 14.8 Å². The quantitative estimate of drug-likeness (QED) is 0.796. The number of carbonyl (C=O) groups excluding carboxylic acids is 1. The third-order valence-electron chi connectivity index (χ3n) is 4.57. The van der Waals surface area contributed by atoms with E-state index in [-0.39, 0.29) is 5.92 Å². The summed E-state index contributed by atoms with van der Waals surface area (Å²) in [6.07, 6.45) is 8.60. The van der Waals surface area contributed by atoms with E-state index in [0.717, 1.165) is 36.3 Å². The first-order valence-corrected chi connectivity index (χ1v) is 8.74. The third kappa shape index (κ3) is 2.26. The Labute approximate surface area is 129 Å². The molecule has 3 heterocycles. The number of rotatable bonds is 1. The number of aliphatic imine (C=N–C) groups is 1. The normalized spacial score (nSPS) is 28.8. The summed E-state index contributed by atoms with van der Waals surface area (Å²) in [5, 5.41) is 0.337. The minimum atomic E-state index is 0.166. The van der Waals surface area contributed by atoms with Crippen LogP contribution in [0.5, 0.6) is 0 Å². The maximum absolute atomic E-state index is 12.5. The predicted molar refractivity (Wildman–Crippen MR) is 85.8 cm³/mol. The Morgan fingerprint density at radius 2 is 2.14 bits per heavy atom. The van der Waals surface area contributed by atoms with E-state index in [4.69, 9.17) is 4.99 Å². The van der Waals surface area contributed by atoms with Gasteiger partial charge in [0.2, 0.25) is 0 Å². The number of Topliss-reactive ketones (excluding diaryl/α,β-unsaturated/α-hetero) is 1. The zero-order chi connectivity index (χ0) is 14.2. The first kappa shape index (κ1) is 13.3. The van der Waals surface area contributed by atoms with Crippen LogP contribution in [-0.4, -0.2) is 27.5 Å². The van der Waals surface area contributed by atoms with E-state index in [1.165, 1.54) is 17.7 Å². The molecule has 0 radical (unpaired) electrons. The Bertz CT molecular complexity index is 635. The molecule has 2 atom stereocenters. The smallest absolute Gasteiger partial charge is 0.161 e. The minimum Gasteiger partial charge on any atom is -0.294 e. The standard InChI is InChI=1S/C17H18N2OS/c20-14-7-1-5-12-16(14)15(11-4-2-8-18-10-11)17-13(19-12)6-3-9-21-17/h2,4,8,10,15,17H,1,3,5-7,9H2. The minimum absolute atomic E-state index is 0.166. The van der Waals surface area contributed by atoms with Crippen molar-refractivity contribution in [2.45, 2.75) is 43.3 Å². The fourth-order valence-corrected chi connectivity index (χ4v) is 5.07. The van der Waals surface area contributed by atoms with Crippen molar-refractivity contribution in [3.05, 3.63) is 41.4 Å².